The van der Waals surface area contributed by atoms with Gasteiger partial charge >= 0.3 is 0 Å². The summed E-state index contributed by atoms with van der Waals surface area (Å²) in [5, 5.41) is 6.30. The second-order valence-electron chi connectivity index (χ2n) is 4.49. The Morgan fingerprint density at radius 3 is 2.85 bits per heavy atom. The standard InChI is InChI=1S/C14H18N4O2/c15-12(11-4-2-1-3-5-11)6-7-13(19)16-9-8-14-17-10-18-20-14/h1-5,10,12H,6-9,15H2,(H,16,19). The molecule has 1 atom stereocenters. The van der Waals surface area contributed by atoms with Crippen molar-refractivity contribution >= 4 is 5.91 Å². The minimum Gasteiger partial charge on any atom is -0.356 e. The molecule has 2 aromatic rings. The molecule has 1 amide bonds. The molecule has 1 unspecified atom stereocenters. The van der Waals surface area contributed by atoms with Crippen LogP contribution in [0, 0.1) is 0 Å². The quantitative estimate of drug-likeness (QED) is 0.791. The zero-order chi connectivity index (χ0) is 14.2. The van der Waals surface area contributed by atoms with E-state index < -0.39 is 0 Å². The van der Waals surface area contributed by atoms with Crippen LogP contribution in [-0.4, -0.2) is 22.6 Å². The molecule has 106 valence electrons. The number of aromatic nitrogens is 2. The summed E-state index contributed by atoms with van der Waals surface area (Å²) in [5.74, 6) is 0.502. The maximum Gasteiger partial charge on any atom is 0.228 e. The van der Waals surface area contributed by atoms with E-state index in [1.165, 1.54) is 6.33 Å². The maximum atomic E-state index is 11.7. The number of hydrogen-bond donors (Lipinski definition) is 2. The molecule has 3 N–H and O–H groups in total. The van der Waals surface area contributed by atoms with Gasteiger partial charge in [-0.2, -0.15) is 4.98 Å². The predicted molar refractivity (Wildman–Crippen MR) is 73.6 cm³/mol. The van der Waals surface area contributed by atoms with Gasteiger partial charge in [-0.15, -0.1) is 0 Å². The molecule has 1 aromatic carbocycles. The van der Waals surface area contributed by atoms with Crippen molar-refractivity contribution in [2.24, 2.45) is 5.73 Å². The average molecular weight is 274 g/mol. The number of benzene rings is 1. The van der Waals surface area contributed by atoms with Crippen molar-refractivity contribution in [3.8, 4) is 0 Å². The molecule has 0 saturated heterocycles. The molecule has 0 bridgehead atoms. The Kier molecular flexibility index (Phi) is 5.25. The zero-order valence-electron chi connectivity index (χ0n) is 11.2. The summed E-state index contributed by atoms with van der Waals surface area (Å²) >= 11 is 0. The fraction of sp³-hybridized carbons (Fsp3) is 0.357. The van der Waals surface area contributed by atoms with Crippen LogP contribution in [0.2, 0.25) is 0 Å². The second kappa shape index (κ2) is 7.40. The van der Waals surface area contributed by atoms with E-state index in [1.807, 2.05) is 30.3 Å². The van der Waals surface area contributed by atoms with Crippen LogP contribution in [-0.2, 0) is 11.2 Å². The Balaban J connectivity index is 1.65. The van der Waals surface area contributed by atoms with Crippen LogP contribution in [0.1, 0.15) is 30.3 Å². The average Bonchev–Trinajstić information content (AvgIpc) is 2.99. The lowest BCUT2D eigenvalue weighted by Gasteiger charge is -2.11. The Morgan fingerprint density at radius 1 is 1.35 bits per heavy atom. The van der Waals surface area contributed by atoms with Crippen LogP contribution in [0.4, 0.5) is 0 Å². The largest absolute Gasteiger partial charge is 0.356 e. The topological polar surface area (TPSA) is 94.0 Å². The van der Waals surface area contributed by atoms with Gasteiger partial charge in [-0.1, -0.05) is 35.5 Å². The highest BCUT2D eigenvalue weighted by Crippen LogP contribution is 2.14. The SMILES string of the molecule is NC(CCC(=O)NCCc1ncno1)c1ccccc1. The summed E-state index contributed by atoms with van der Waals surface area (Å²) in [6, 6.07) is 9.66. The summed E-state index contributed by atoms with van der Waals surface area (Å²) in [7, 11) is 0. The smallest absolute Gasteiger partial charge is 0.228 e. The Bertz CT molecular complexity index is 513. The highest BCUT2D eigenvalue weighted by Gasteiger charge is 2.09. The first-order valence-electron chi connectivity index (χ1n) is 6.58. The van der Waals surface area contributed by atoms with Gasteiger partial charge in [-0.05, 0) is 12.0 Å². The van der Waals surface area contributed by atoms with Gasteiger partial charge in [0.25, 0.3) is 0 Å². The molecule has 6 heteroatoms. The molecular weight excluding hydrogens is 256 g/mol. The molecule has 20 heavy (non-hydrogen) atoms. The summed E-state index contributed by atoms with van der Waals surface area (Å²) in [4.78, 5) is 15.6. The lowest BCUT2D eigenvalue weighted by molar-refractivity contribution is -0.121. The summed E-state index contributed by atoms with van der Waals surface area (Å²) in [6.45, 7) is 0.488. The first kappa shape index (κ1) is 14.2. The number of carbonyl (C=O) groups excluding carboxylic acids is 1. The Hall–Kier alpha value is -2.21. The van der Waals surface area contributed by atoms with Crippen molar-refractivity contribution in [3.63, 3.8) is 0 Å². The number of nitrogens with zero attached hydrogens (tertiary/aromatic N) is 2. The van der Waals surface area contributed by atoms with Crippen molar-refractivity contribution in [3.05, 3.63) is 48.1 Å². The van der Waals surface area contributed by atoms with Gasteiger partial charge in [0, 0.05) is 25.4 Å². The van der Waals surface area contributed by atoms with E-state index in [1.54, 1.807) is 0 Å². The predicted octanol–water partition coefficient (Wildman–Crippen LogP) is 1.21. The molecule has 0 aliphatic carbocycles. The number of amides is 1. The highest BCUT2D eigenvalue weighted by atomic mass is 16.5. The van der Waals surface area contributed by atoms with Gasteiger partial charge in [0.2, 0.25) is 11.8 Å². The molecule has 0 aliphatic heterocycles. The molecule has 0 fully saturated rings. The third-order valence-electron chi connectivity index (χ3n) is 2.98. The third-order valence-corrected chi connectivity index (χ3v) is 2.98. The molecule has 0 aliphatic rings. The van der Waals surface area contributed by atoms with E-state index in [-0.39, 0.29) is 11.9 Å². The van der Waals surface area contributed by atoms with E-state index in [2.05, 4.69) is 15.5 Å². The number of rotatable bonds is 7. The van der Waals surface area contributed by atoms with Gasteiger partial charge < -0.3 is 15.6 Å². The third kappa shape index (κ3) is 4.47. The normalized spacial score (nSPS) is 12.1. The molecule has 1 heterocycles. The van der Waals surface area contributed by atoms with Crippen molar-refractivity contribution < 1.29 is 9.32 Å². The van der Waals surface area contributed by atoms with Crippen LogP contribution in [0.25, 0.3) is 0 Å². The summed E-state index contributed by atoms with van der Waals surface area (Å²) in [6.07, 6.45) is 2.91. The fourth-order valence-corrected chi connectivity index (χ4v) is 1.86. The van der Waals surface area contributed by atoms with Crippen LogP contribution < -0.4 is 11.1 Å². The number of nitrogens with one attached hydrogen (secondary N) is 1. The van der Waals surface area contributed by atoms with Crippen LogP contribution in [0.5, 0.6) is 0 Å². The number of hydrogen-bond acceptors (Lipinski definition) is 5. The van der Waals surface area contributed by atoms with E-state index in [0.29, 0.717) is 31.7 Å². The van der Waals surface area contributed by atoms with E-state index >= 15 is 0 Å². The van der Waals surface area contributed by atoms with Gasteiger partial charge in [-0.25, -0.2) is 0 Å². The van der Waals surface area contributed by atoms with Crippen LogP contribution in [0.15, 0.2) is 41.2 Å². The fourth-order valence-electron chi connectivity index (χ4n) is 1.86. The minimum atomic E-state index is -0.113. The second-order valence-corrected chi connectivity index (χ2v) is 4.49. The number of nitrogens with two attached hydrogens (primary N) is 1. The van der Waals surface area contributed by atoms with Gasteiger partial charge in [0.15, 0.2) is 6.33 Å². The lowest BCUT2D eigenvalue weighted by Crippen LogP contribution is -2.26. The first-order valence-corrected chi connectivity index (χ1v) is 6.58. The van der Waals surface area contributed by atoms with Gasteiger partial charge in [0.05, 0.1) is 0 Å². The summed E-state index contributed by atoms with van der Waals surface area (Å²) < 4.78 is 4.84. The monoisotopic (exact) mass is 274 g/mol. The first-order chi connectivity index (χ1) is 9.75. The van der Waals surface area contributed by atoms with E-state index in [9.17, 15) is 4.79 Å². The van der Waals surface area contributed by atoms with Crippen LogP contribution in [0.3, 0.4) is 0 Å². The number of carbonyl (C=O) groups is 1. The van der Waals surface area contributed by atoms with Gasteiger partial charge in [0.1, 0.15) is 0 Å². The van der Waals surface area contributed by atoms with Crippen molar-refractivity contribution in [2.75, 3.05) is 6.54 Å². The Labute approximate surface area is 117 Å². The molecule has 6 nitrogen and oxygen atoms in total. The van der Waals surface area contributed by atoms with Crippen molar-refractivity contribution in [1.29, 1.82) is 0 Å². The molecule has 0 spiro atoms. The zero-order valence-corrected chi connectivity index (χ0v) is 11.2. The highest BCUT2D eigenvalue weighted by molar-refractivity contribution is 5.75. The van der Waals surface area contributed by atoms with Crippen molar-refractivity contribution in [2.45, 2.75) is 25.3 Å². The van der Waals surface area contributed by atoms with E-state index in [4.69, 9.17) is 10.3 Å². The van der Waals surface area contributed by atoms with Crippen molar-refractivity contribution in [1.82, 2.24) is 15.5 Å². The van der Waals surface area contributed by atoms with Crippen LogP contribution >= 0.6 is 0 Å². The molecule has 0 saturated carbocycles. The van der Waals surface area contributed by atoms with E-state index in [0.717, 1.165) is 5.56 Å². The minimum absolute atomic E-state index is 0.0177. The lowest BCUT2D eigenvalue weighted by atomic mass is 10.0. The molecule has 2 rings (SSSR count). The molecular formula is C14H18N4O2. The van der Waals surface area contributed by atoms with Gasteiger partial charge in [-0.3, -0.25) is 4.79 Å². The Morgan fingerprint density at radius 2 is 2.15 bits per heavy atom. The molecule has 1 aromatic heterocycles. The molecule has 0 radical (unpaired) electrons. The maximum absolute atomic E-state index is 11.7. The summed E-state index contributed by atoms with van der Waals surface area (Å²) in [5.41, 5.74) is 7.08.